The minimum absolute atomic E-state index is 0.573. The van der Waals surface area contributed by atoms with Crippen LogP contribution in [0, 0.1) is 6.92 Å². The molecule has 6 heteroatoms. The third-order valence-electron chi connectivity index (χ3n) is 5.50. The van der Waals surface area contributed by atoms with Gasteiger partial charge >= 0.3 is 0 Å². The molecule has 26 heavy (non-hydrogen) atoms. The Labute approximate surface area is 165 Å². The molecule has 0 bridgehead atoms. The number of halogens is 1. The molecule has 0 radical (unpaired) electrons. The Morgan fingerprint density at radius 1 is 1.15 bits per heavy atom. The molecule has 2 saturated heterocycles. The van der Waals surface area contributed by atoms with E-state index in [0.29, 0.717) is 6.04 Å². The summed E-state index contributed by atoms with van der Waals surface area (Å²) < 4.78 is 0. The van der Waals surface area contributed by atoms with Gasteiger partial charge in [0.1, 0.15) is 0 Å². The number of rotatable bonds is 5. The molecular formula is C20H27ClN4S. The highest BCUT2D eigenvalue weighted by Crippen LogP contribution is 2.27. The highest BCUT2D eigenvalue weighted by atomic mass is 35.5. The second kappa shape index (κ2) is 8.15. The lowest BCUT2D eigenvalue weighted by atomic mass is 10.0. The monoisotopic (exact) mass is 390 g/mol. The molecule has 1 aromatic heterocycles. The first kappa shape index (κ1) is 18.1. The van der Waals surface area contributed by atoms with Crippen molar-refractivity contribution >= 4 is 33.8 Å². The summed E-state index contributed by atoms with van der Waals surface area (Å²) in [5.74, 6) is 0. The highest BCUT2D eigenvalue weighted by Gasteiger charge is 2.20. The van der Waals surface area contributed by atoms with E-state index < -0.39 is 0 Å². The maximum atomic E-state index is 6.28. The van der Waals surface area contributed by atoms with Crippen LogP contribution in [0.2, 0.25) is 5.02 Å². The molecule has 3 heterocycles. The molecule has 0 unspecified atom stereocenters. The number of hydrogen-bond donors (Lipinski definition) is 1. The Balaban J connectivity index is 1.25. The van der Waals surface area contributed by atoms with Crippen molar-refractivity contribution in [3.63, 3.8) is 0 Å². The maximum absolute atomic E-state index is 6.28. The number of thiazole rings is 1. The Kier molecular flexibility index (Phi) is 5.67. The molecule has 2 aliphatic rings. The van der Waals surface area contributed by atoms with E-state index in [2.05, 4.69) is 45.6 Å². The van der Waals surface area contributed by atoms with Crippen molar-refractivity contribution in [1.82, 2.24) is 10.3 Å². The Hall–Kier alpha value is -1.30. The van der Waals surface area contributed by atoms with Crippen LogP contribution in [0.1, 0.15) is 36.9 Å². The fourth-order valence-electron chi connectivity index (χ4n) is 3.80. The summed E-state index contributed by atoms with van der Waals surface area (Å²) in [5, 5.41) is 7.98. The summed E-state index contributed by atoms with van der Waals surface area (Å²) in [5.41, 5.74) is 3.57. The van der Waals surface area contributed by atoms with Gasteiger partial charge in [-0.25, -0.2) is 4.98 Å². The first-order valence-electron chi connectivity index (χ1n) is 9.63. The largest absolute Gasteiger partial charge is 0.371 e. The summed E-state index contributed by atoms with van der Waals surface area (Å²) in [6.45, 7) is 7.42. The van der Waals surface area contributed by atoms with Crippen molar-refractivity contribution in [2.75, 3.05) is 36.0 Å². The molecule has 140 valence electrons. The van der Waals surface area contributed by atoms with E-state index in [1.807, 2.05) is 0 Å². The lowest BCUT2D eigenvalue weighted by Crippen LogP contribution is -2.42. The minimum atomic E-state index is 0.573. The predicted octanol–water partition coefficient (Wildman–Crippen LogP) is 4.46. The van der Waals surface area contributed by atoms with E-state index in [1.165, 1.54) is 42.4 Å². The molecule has 0 aliphatic carbocycles. The van der Waals surface area contributed by atoms with Crippen molar-refractivity contribution < 1.29 is 0 Å². The second-order valence-electron chi connectivity index (χ2n) is 7.39. The summed E-state index contributed by atoms with van der Waals surface area (Å²) in [4.78, 5) is 9.67. The van der Waals surface area contributed by atoms with Crippen LogP contribution in [0.15, 0.2) is 23.6 Å². The van der Waals surface area contributed by atoms with Crippen LogP contribution in [-0.2, 0) is 6.54 Å². The van der Waals surface area contributed by atoms with E-state index in [1.54, 1.807) is 11.3 Å². The molecule has 1 N–H and O–H groups in total. The molecular weight excluding hydrogens is 364 g/mol. The summed E-state index contributed by atoms with van der Waals surface area (Å²) in [6.07, 6.45) is 4.93. The third kappa shape index (κ3) is 4.16. The first-order valence-corrected chi connectivity index (χ1v) is 10.9. The lowest BCUT2D eigenvalue weighted by Gasteiger charge is -2.34. The summed E-state index contributed by atoms with van der Waals surface area (Å²) >= 11 is 8.07. The van der Waals surface area contributed by atoms with Gasteiger partial charge in [0.05, 0.1) is 5.69 Å². The van der Waals surface area contributed by atoms with E-state index in [4.69, 9.17) is 16.6 Å². The number of hydrogen-bond acceptors (Lipinski definition) is 5. The van der Waals surface area contributed by atoms with Crippen LogP contribution in [0.5, 0.6) is 0 Å². The summed E-state index contributed by atoms with van der Waals surface area (Å²) in [6, 6.07) is 6.97. The van der Waals surface area contributed by atoms with E-state index in [9.17, 15) is 0 Å². The Bertz CT molecular complexity index is 733. The SMILES string of the molecule is Cc1ccc(N2CCC(NCc3csc(N4CCCC4)n3)CC2)cc1Cl. The van der Waals surface area contributed by atoms with Crippen LogP contribution < -0.4 is 15.1 Å². The number of aryl methyl sites for hydroxylation is 1. The number of nitrogens with zero attached hydrogens (tertiary/aromatic N) is 3. The predicted molar refractivity (Wildman–Crippen MR) is 112 cm³/mol. The van der Waals surface area contributed by atoms with Gasteiger partial charge in [0.2, 0.25) is 0 Å². The standard InChI is InChI=1S/C20H27ClN4S/c1-15-4-5-18(12-19(15)21)24-10-6-16(7-11-24)22-13-17-14-26-20(23-17)25-8-2-3-9-25/h4-5,12,14,16,22H,2-3,6-11,13H2,1H3. The average molecular weight is 391 g/mol. The molecule has 2 aromatic rings. The molecule has 2 aliphatic heterocycles. The van der Waals surface area contributed by atoms with Crippen molar-refractivity contribution in [1.29, 1.82) is 0 Å². The van der Waals surface area contributed by atoms with Gasteiger partial charge in [-0.15, -0.1) is 11.3 Å². The molecule has 1 aromatic carbocycles. The zero-order valence-electron chi connectivity index (χ0n) is 15.4. The number of anilines is 2. The quantitative estimate of drug-likeness (QED) is 0.816. The zero-order valence-corrected chi connectivity index (χ0v) is 17.0. The van der Waals surface area contributed by atoms with Crippen LogP contribution in [-0.4, -0.2) is 37.2 Å². The maximum Gasteiger partial charge on any atom is 0.185 e. The molecule has 2 fully saturated rings. The van der Waals surface area contributed by atoms with Crippen LogP contribution in [0.25, 0.3) is 0 Å². The normalized spacial score (nSPS) is 18.7. The fourth-order valence-corrected chi connectivity index (χ4v) is 4.85. The van der Waals surface area contributed by atoms with E-state index in [-0.39, 0.29) is 0 Å². The van der Waals surface area contributed by atoms with Crippen molar-refractivity contribution in [3.05, 3.63) is 39.9 Å². The van der Waals surface area contributed by atoms with Gasteiger partial charge in [-0.3, -0.25) is 0 Å². The second-order valence-corrected chi connectivity index (χ2v) is 8.64. The number of piperidine rings is 1. The molecule has 4 rings (SSSR count). The molecule has 0 spiro atoms. The molecule has 0 amide bonds. The third-order valence-corrected chi connectivity index (χ3v) is 6.86. The fraction of sp³-hybridized carbons (Fsp3) is 0.550. The van der Waals surface area contributed by atoms with Gasteiger partial charge in [-0.05, 0) is 50.3 Å². The number of benzene rings is 1. The minimum Gasteiger partial charge on any atom is -0.371 e. The van der Waals surface area contributed by atoms with Crippen LogP contribution in [0.3, 0.4) is 0 Å². The van der Waals surface area contributed by atoms with Gasteiger partial charge in [0, 0.05) is 54.9 Å². The van der Waals surface area contributed by atoms with Gasteiger partial charge < -0.3 is 15.1 Å². The van der Waals surface area contributed by atoms with Gasteiger partial charge in [0.25, 0.3) is 0 Å². The summed E-state index contributed by atoms with van der Waals surface area (Å²) in [7, 11) is 0. The Morgan fingerprint density at radius 2 is 1.92 bits per heavy atom. The van der Waals surface area contributed by atoms with E-state index >= 15 is 0 Å². The smallest absolute Gasteiger partial charge is 0.185 e. The average Bonchev–Trinajstić information content (AvgIpc) is 3.34. The molecule has 4 nitrogen and oxygen atoms in total. The molecule has 0 saturated carbocycles. The van der Waals surface area contributed by atoms with Crippen LogP contribution in [0.4, 0.5) is 10.8 Å². The van der Waals surface area contributed by atoms with Crippen molar-refractivity contribution in [3.8, 4) is 0 Å². The van der Waals surface area contributed by atoms with Gasteiger partial charge in [-0.2, -0.15) is 0 Å². The zero-order chi connectivity index (χ0) is 17.9. The topological polar surface area (TPSA) is 31.4 Å². The Morgan fingerprint density at radius 3 is 2.65 bits per heavy atom. The molecule has 0 atom stereocenters. The van der Waals surface area contributed by atoms with Gasteiger partial charge in [-0.1, -0.05) is 17.7 Å². The number of nitrogens with one attached hydrogen (secondary N) is 1. The van der Waals surface area contributed by atoms with Gasteiger partial charge in [0.15, 0.2) is 5.13 Å². The lowest BCUT2D eigenvalue weighted by molar-refractivity contribution is 0.412. The van der Waals surface area contributed by atoms with E-state index in [0.717, 1.165) is 43.1 Å². The number of aromatic nitrogens is 1. The van der Waals surface area contributed by atoms with Crippen LogP contribution >= 0.6 is 22.9 Å². The first-order chi connectivity index (χ1) is 12.7. The van der Waals surface area contributed by atoms with Crippen molar-refractivity contribution in [2.24, 2.45) is 0 Å². The highest BCUT2D eigenvalue weighted by molar-refractivity contribution is 7.13. The van der Waals surface area contributed by atoms with Crippen molar-refractivity contribution in [2.45, 2.75) is 45.2 Å².